The van der Waals surface area contributed by atoms with Crippen molar-refractivity contribution in [1.29, 1.82) is 0 Å². The Morgan fingerprint density at radius 1 is 1.16 bits per heavy atom. The van der Waals surface area contributed by atoms with Crippen molar-refractivity contribution in [3.8, 4) is 5.75 Å². The topological polar surface area (TPSA) is 66.8 Å². The molecule has 2 aromatic carbocycles. The first kappa shape index (κ1) is 17.0. The van der Waals surface area contributed by atoms with Gasteiger partial charge in [-0.05, 0) is 23.3 Å². The normalized spacial score (nSPS) is 20.4. The van der Waals surface area contributed by atoms with Crippen LogP contribution in [0.4, 0.5) is 0 Å². The Hall–Kier alpha value is -2.82. The third kappa shape index (κ3) is 3.82. The minimum atomic E-state index is -0.869. The van der Waals surface area contributed by atoms with Gasteiger partial charge in [-0.3, -0.25) is 9.59 Å². The predicted molar refractivity (Wildman–Crippen MR) is 93.3 cm³/mol. The fourth-order valence-electron chi connectivity index (χ4n) is 3.33. The quantitative estimate of drug-likeness (QED) is 0.909. The van der Waals surface area contributed by atoms with Crippen molar-refractivity contribution in [2.75, 3.05) is 13.7 Å². The van der Waals surface area contributed by atoms with Gasteiger partial charge >= 0.3 is 5.97 Å². The maximum atomic E-state index is 12.6. The second-order valence-corrected chi connectivity index (χ2v) is 6.29. The zero-order valence-corrected chi connectivity index (χ0v) is 14.1. The number of amides is 1. The zero-order valence-electron chi connectivity index (χ0n) is 14.1. The van der Waals surface area contributed by atoms with Crippen LogP contribution in [-0.4, -0.2) is 35.5 Å². The summed E-state index contributed by atoms with van der Waals surface area (Å²) in [6.45, 7) is 0.665. The fourth-order valence-corrected chi connectivity index (χ4v) is 3.33. The molecule has 1 aliphatic heterocycles. The smallest absolute Gasteiger partial charge is 0.308 e. The molecule has 3 rings (SSSR count). The summed E-state index contributed by atoms with van der Waals surface area (Å²) in [7, 11) is 1.58. The number of ether oxygens (including phenoxy) is 1. The average Bonchev–Trinajstić information content (AvgIpc) is 2.64. The second kappa shape index (κ2) is 7.38. The molecule has 1 heterocycles. The lowest BCUT2D eigenvalue weighted by Crippen LogP contribution is -2.45. The van der Waals surface area contributed by atoms with Crippen LogP contribution in [-0.2, 0) is 16.1 Å². The molecule has 1 amide bonds. The van der Waals surface area contributed by atoms with E-state index < -0.39 is 11.9 Å². The van der Waals surface area contributed by atoms with Crippen molar-refractivity contribution >= 4 is 11.9 Å². The van der Waals surface area contributed by atoms with E-state index in [1.807, 2.05) is 42.5 Å². The number of likely N-dealkylation sites (tertiary alicyclic amines) is 1. The van der Waals surface area contributed by atoms with Gasteiger partial charge in [0.25, 0.3) is 0 Å². The Morgan fingerprint density at radius 2 is 1.84 bits per heavy atom. The molecule has 0 saturated carbocycles. The fraction of sp³-hybridized carbons (Fsp3) is 0.300. The number of methoxy groups -OCH3 is 1. The molecule has 2 aromatic rings. The molecule has 0 spiro atoms. The molecule has 0 aliphatic carbocycles. The second-order valence-electron chi connectivity index (χ2n) is 6.29. The van der Waals surface area contributed by atoms with E-state index in [-0.39, 0.29) is 24.8 Å². The number of hydrogen-bond donors (Lipinski definition) is 1. The molecule has 0 bridgehead atoms. The van der Waals surface area contributed by atoms with Crippen LogP contribution >= 0.6 is 0 Å². The number of carbonyl (C=O) groups excluding carboxylic acids is 1. The third-order valence-corrected chi connectivity index (χ3v) is 4.73. The van der Waals surface area contributed by atoms with Crippen molar-refractivity contribution in [3.05, 3.63) is 65.7 Å². The maximum absolute atomic E-state index is 12.6. The average molecular weight is 339 g/mol. The highest BCUT2D eigenvalue weighted by Crippen LogP contribution is 2.35. The molecule has 5 nitrogen and oxygen atoms in total. The number of carboxylic acids is 1. The Morgan fingerprint density at radius 3 is 2.44 bits per heavy atom. The zero-order chi connectivity index (χ0) is 17.8. The van der Waals surface area contributed by atoms with E-state index in [2.05, 4.69) is 0 Å². The van der Waals surface area contributed by atoms with Gasteiger partial charge in [0.2, 0.25) is 5.91 Å². The van der Waals surface area contributed by atoms with Gasteiger partial charge < -0.3 is 14.7 Å². The summed E-state index contributed by atoms with van der Waals surface area (Å²) in [5.74, 6) is -1.10. The van der Waals surface area contributed by atoms with Crippen molar-refractivity contribution < 1.29 is 19.4 Å². The number of rotatable bonds is 5. The summed E-state index contributed by atoms with van der Waals surface area (Å²) >= 11 is 0. The van der Waals surface area contributed by atoms with Crippen LogP contribution in [0.3, 0.4) is 0 Å². The minimum Gasteiger partial charge on any atom is -0.497 e. The highest BCUT2D eigenvalue weighted by atomic mass is 16.5. The molecule has 2 unspecified atom stereocenters. The van der Waals surface area contributed by atoms with Crippen LogP contribution in [0.2, 0.25) is 0 Å². The number of aliphatic carboxylic acids is 1. The lowest BCUT2D eigenvalue weighted by atomic mass is 9.80. The third-order valence-electron chi connectivity index (χ3n) is 4.73. The summed E-state index contributed by atoms with van der Waals surface area (Å²) in [5, 5.41) is 9.68. The minimum absolute atomic E-state index is 0.0119. The van der Waals surface area contributed by atoms with Crippen molar-refractivity contribution in [1.82, 2.24) is 4.90 Å². The van der Waals surface area contributed by atoms with E-state index in [1.165, 1.54) is 0 Å². The van der Waals surface area contributed by atoms with Crippen molar-refractivity contribution in [2.24, 2.45) is 5.92 Å². The van der Waals surface area contributed by atoms with Crippen LogP contribution in [0.15, 0.2) is 54.6 Å². The molecule has 1 N–H and O–H groups in total. The first-order valence-electron chi connectivity index (χ1n) is 8.27. The van der Waals surface area contributed by atoms with Crippen molar-refractivity contribution in [2.45, 2.75) is 18.9 Å². The number of hydrogen-bond acceptors (Lipinski definition) is 3. The van der Waals surface area contributed by atoms with Gasteiger partial charge in [0.1, 0.15) is 5.75 Å². The number of piperidine rings is 1. The van der Waals surface area contributed by atoms with Crippen LogP contribution in [0.25, 0.3) is 0 Å². The molecule has 2 atom stereocenters. The van der Waals surface area contributed by atoms with Crippen LogP contribution < -0.4 is 4.74 Å². The standard InChI is InChI=1S/C20H21NO4/c1-25-16-9-7-15(8-10-16)17-11-19(22)21(13-18(17)20(23)24)12-14-5-3-2-4-6-14/h2-10,17-18H,11-13H2,1H3,(H,23,24). The Labute approximate surface area is 146 Å². The summed E-state index contributed by atoms with van der Waals surface area (Å²) in [4.78, 5) is 26.0. The van der Waals surface area contributed by atoms with E-state index in [4.69, 9.17) is 4.74 Å². The molecule has 1 aliphatic rings. The van der Waals surface area contributed by atoms with E-state index in [0.29, 0.717) is 12.3 Å². The van der Waals surface area contributed by atoms with E-state index in [0.717, 1.165) is 11.1 Å². The van der Waals surface area contributed by atoms with Gasteiger partial charge in [-0.2, -0.15) is 0 Å². The van der Waals surface area contributed by atoms with Gasteiger partial charge in [0, 0.05) is 25.4 Å². The SMILES string of the molecule is COc1ccc(C2CC(=O)N(Cc3ccccc3)CC2C(=O)O)cc1. The highest BCUT2D eigenvalue weighted by molar-refractivity contribution is 5.82. The number of nitrogens with zero attached hydrogens (tertiary/aromatic N) is 1. The molecule has 130 valence electrons. The van der Waals surface area contributed by atoms with E-state index >= 15 is 0 Å². The lowest BCUT2D eigenvalue weighted by molar-refractivity contribution is -0.149. The summed E-state index contributed by atoms with van der Waals surface area (Å²) in [6, 6.07) is 16.9. The largest absolute Gasteiger partial charge is 0.497 e. The van der Waals surface area contributed by atoms with E-state index in [9.17, 15) is 14.7 Å². The van der Waals surface area contributed by atoms with Gasteiger partial charge in [-0.25, -0.2) is 0 Å². The number of benzene rings is 2. The molecular weight excluding hydrogens is 318 g/mol. The first-order valence-corrected chi connectivity index (χ1v) is 8.27. The predicted octanol–water partition coefficient (Wildman–Crippen LogP) is 2.91. The molecular formula is C20H21NO4. The van der Waals surface area contributed by atoms with Gasteiger partial charge in [-0.1, -0.05) is 42.5 Å². The molecule has 25 heavy (non-hydrogen) atoms. The summed E-state index contributed by atoms with van der Waals surface area (Å²) < 4.78 is 5.14. The monoisotopic (exact) mass is 339 g/mol. The summed E-state index contributed by atoms with van der Waals surface area (Å²) in [6.07, 6.45) is 0.204. The van der Waals surface area contributed by atoms with Crippen LogP contribution in [0.5, 0.6) is 5.75 Å². The van der Waals surface area contributed by atoms with E-state index in [1.54, 1.807) is 24.1 Å². The molecule has 1 saturated heterocycles. The molecule has 1 fully saturated rings. The number of carboxylic acid groups (broad SMARTS) is 1. The van der Waals surface area contributed by atoms with Gasteiger partial charge in [-0.15, -0.1) is 0 Å². The summed E-state index contributed by atoms with van der Waals surface area (Å²) in [5.41, 5.74) is 1.86. The Balaban J connectivity index is 1.80. The van der Waals surface area contributed by atoms with Crippen LogP contribution in [0, 0.1) is 5.92 Å². The molecule has 0 radical (unpaired) electrons. The lowest BCUT2D eigenvalue weighted by Gasteiger charge is -2.36. The van der Waals surface area contributed by atoms with Gasteiger partial charge in [0.05, 0.1) is 13.0 Å². The first-order chi connectivity index (χ1) is 12.1. The molecule has 5 heteroatoms. The van der Waals surface area contributed by atoms with Crippen LogP contribution in [0.1, 0.15) is 23.5 Å². The Bertz CT molecular complexity index is 742. The van der Waals surface area contributed by atoms with Crippen molar-refractivity contribution in [3.63, 3.8) is 0 Å². The van der Waals surface area contributed by atoms with Gasteiger partial charge in [0.15, 0.2) is 0 Å². The number of carbonyl (C=O) groups is 2. The molecule has 0 aromatic heterocycles. The maximum Gasteiger partial charge on any atom is 0.308 e. The Kier molecular flexibility index (Phi) is 5.03. The highest BCUT2D eigenvalue weighted by Gasteiger charge is 2.39.